The molecule has 0 spiro atoms. The fraction of sp³-hybridized carbons (Fsp3) is 0.333. The number of hydrogen-bond acceptors (Lipinski definition) is 3. The van der Waals surface area contributed by atoms with E-state index in [4.69, 9.17) is 4.98 Å². The van der Waals surface area contributed by atoms with Crippen LogP contribution in [0, 0.1) is 5.92 Å². The van der Waals surface area contributed by atoms with E-state index in [0.29, 0.717) is 0 Å². The van der Waals surface area contributed by atoms with Gasteiger partial charge in [0.05, 0.1) is 17.4 Å². The molecule has 4 rings (SSSR count). The van der Waals surface area contributed by atoms with Crippen molar-refractivity contribution in [1.82, 2.24) is 15.2 Å². The van der Waals surface area contributed by atoms with Crippen LogP contribution in [-0.4, -0.2) is 15.2 Å². The molecule has 4 heteroatoms. The second-order valence-corrected chi connectivity index (χ2v) is 6.46. The van der Waals surface area contributed by atoms with Gasteiger partial charge < -0.3 is 0 Å². The Morgan fingerprint density at radius 2 is 2.32 bits per heavy atom. The summed E-state index contributed by atoms with van der Waals surface area (Å²) in [6, 6.07) is 6.27. The molecule has 1 aliphatic carbocycles. The second-order valence-electron chi connectivity index (χ2n) is 5.37. The van der Waals surface area contributed by atoms with Crippen molar-refractivity contribution in [3.8, 4) is 10.6 Å². The van der Waals surface area contributed by atoms with Gasteiger partial charge in [0.15, 0.2) is 0 Å². The fourth-order valence-electron chi connectivity index (χ4n) is 2.81. The van der Waals surface area contributed by atoms with Gasteiger partial charge in [-0.3, -0.25) is 5.10 Å². The van der Waals surface area contributed by atoms with Crippen LogP contribution in [0.2, 0.25) is 0 Å². The smallest absolute Gasteiger partial charge is 0.124 e. The molecule has 1 aliphatic rings. The maximum atomic E-state index is 4.86. The SMILES string of the molecule is CC1CCc2nc(-c3cccc4[nH]ncc34)sc2C1. The number of nitrogens with zero attached hydrogens (tertiary/aromatic N) is 2. The molecular formula is C15H15N3S. The molecule has 19 heavy (non-hydrogen) atoms. The van der Waals surface area contributed by atoms with Crippen molar-refractivity contribution in [3.05, 3.63) is 35.0 Å². The maximum Gasteiger partial charge on any atom is 0.124 e. The number of thiazole rings is 1. The molecule has 0 aliphatic heterocycles. The minimum Gasteiger partial charge on any atom is -0.278 e. The van der Waals surface area contributed by atoms with Crippen molar-refractivity contribution in [2.75, 3.05) is 0 Å². The van der Waals surface area contributed by atoms with Gasteiger partial charge in [-0.25, -0.2) is 4.98 Å². The van der Waals surface area contributed by atoms with Gasteiger partial charge in [-0.05, 0) is 31.2 Å². The highest BCUT2D eigenvalue weighted by Gasteiger charge is 2.20. The van der Waals surface area contributed by atoms with Crippen molar-refractivity contribution in [1.29, 1.82) is 0 Å². The molecule has 96 valence electrons. The lowest BCUT2D eigenvalue weighted by Gasteiger charge is -2.15. The van der Waals surface area contributed by atoms with Crippen molar-refractivity contribution in [2.45, 2.75) is 26.2 Å². The summed E-state index contributed by atoms with van der Waals surface area (Å²) in [6.45, 7) is 2.33. The predicted molar refractivity (Wildman–Crippen MR) is 78.4 cm³/mol. The third-order valence-electron chi connectivity index (χ3n) is 3.90. The monoisotopic (exact) mass is 269 g/mol. The van der Waals surface area contributed by atoms with E-state index in [0.717, 1.165) is 22.9 Å². The van der Waals surface area contributed by atoms with Crippen molar-refractivity contribution in [3.63, 3.8) is 0 Å². The topological polar surface area (TPSA) is 41.6 Å². The summed E-state index contributed by atoms with van der Waals surface area (Å²) in [6.07, 6.45) is 5.49. The zero-order chi connectivity index (χ0) is 12.8. The van der Waals surface area contributed by atoms with Gasteiger partial charge in [-0.1, -0.05) is 19.1 Å². The number of H-pyrrole nitrogens is 1. The Bertz CT molecular complexity index is 741. The van der Waals surface area contributed by atoms with Crippen LogP contribution in [0.5, 0.6) is 0 Å². The number of fused-ring (bicyclic) bond motifs is 2. The molecule has 0 saturated heterocycles. The van der Waals surface area contributed by atoms with E-state index in [1.165, 1.54) is 34.4 Å². The van der Waals surface area contributed by atoms with Crippen molar-refractivity contribution >= 4 is 22.2 Å². The zero-order valence-corrected chi connectivity index (χ0v) is 11.6. The average Bonchev–Trinajstić information content (AvgIpc) is 3.03. The Kier molecular flexibility index (Phi) is 2.45. The molecule has 2 aromatic heterocycles. The molecule has 1 N–H and O–H groups in total. The lowest BCUT2D eigenvalue weighted by atomic mass is 9.93. The molecule has 1 aromatic carbocycles. The first kappa shape index (κ1) is 11.2. The molecule has 0 saturated carbocycles. The van der Waals surface area contributed by atoms with Gasteiger partial charge in [0, 0.05) is 15.8 Å². The third kappa shape index (κ3) is 1.78. The average molecular weight is 269 g/mol. The van der Waals surface area contributed by atoms with Crippen molar-refractivity contribution in [2.24, 2.45) is 5.92 Å². The van der Waals surface area contributed by atoms with Crippen LogP contribution in [-0.2, 0) is 12.8 Å². The Hall–Kier alpha value is -1.68. The largest absolute Gasteiger partial charge is 0.278 e. The fourth-order valence-corrected chi connectivity index (χ4v) is 4.12. The standard InChI is InChI=1S/C15H15N3S/c1-9-5-6-13-14(7-9)19-15(17-13)10-3-2-4-12-11(10)8-16-18-12/h2-4,8-9H,5-7H2,1H3,(H,16,18). The number of aromatic amines is 1. The summed E-state index contributed by atoms with van der Waals surface area (Å²) in [4.78, 5) is 6.34. The maximum absolute atomic E-state index is 4.86. The highest BCUT2D eigenvalue weighted by molar-refractivity contribution is 7.15. The normalized spacial score (nSPS) is 18.7. The van der Waals surface area contributed by atoms with Crippen LogP contribution in [0.15, 0.2) is 24.4 Å². The minimum atomic E-state index is 0.797. The Labute approximate surface area is 115 Å². The van der Waals surface area contributed by atoms with Gasteiger partial charge in [0.1, 0.15) is 5.01 Å². The number of aryl methyl sites for hydroxylation is 1. The van der Waals surface area contributed by atoms with Crippen LogP contribution < -0.4 is 0 Å². The number of nitrogens with one attached hydrogen (secondary N) is 1. The highest BCUT2D eigenvalue weighted by atomic mass is 32.1. The first-order valence-electron chi connectivity index (χ1n) is 6.72. The van der Waals surface area contributed by atoms with E-state index >= 15 is 0 Å². The summed E-state index contributed by atoms with van der Waals surface area (Å²) in [5.74, 6) is 0.797. The van der Waals surface area contributed by atoms with Gasteiger partial charge in [-0.2, -0.15) is 5.10 Å². The zero-order valence-electron chi connectivity index (χ0n) is 10.8. The lowest BCUT2D eigenvalue weighted by Crippen LogP contribution is -2.09. The Morgan fingerprint density at radius 1 is 1.37 bits per heavy atom. The molecule has 3 aromatic rings. The van der Waals surface area contributed by atoms with Gasteiger partial charge in [0.25, 0.3) is 0 Å². The molecule has 0 amide bonds. The summed E-state index contributed by atoms with van der Waals surface area (Å²) >= 11 is 1.86. The van der Waals surface area contributed by atoms with Crippen LogP contribution in [0.3, 0.4) is 0 Å². The minimum absolute atomic E-state index is 0.797. The van der Waals surface area contributed by atoms with Crippen LogP contribution >= 0.6 is 11.3 Å². The molecule has 2 heterocycles. The van der Waals surface area contributed by atoms with Crippen LogP contribution in [0.1, 0.15) is 23.9 Å². The number of hydrogen-bond donors (Lipinski definition) is 1. The van der Waals surface area contributed by atoms with E-state index in [9.17, 15) is 0 Å². The van der Waals surface area contributed by atoms with E-state index in [-0.39, 0.29) is 0 Å². The van der Waals surface area contributed by atoms with Gasteiger partial charge in [-0.15, -0.1) is 11.3 Å². The highest BCUT2D eigenvalue weighted by Crippen LogP contribution is 2.36. The molecule has 0 bridgehead atoms. The van der Waals surface area contributed by atoms with E-state index in [1.54, 1.807) is 0 Å². The molecular weight excluding hydrogens is 254 g/mol. The lowest BCUT2D eigenvalue weighted by molar-refractivity contribution is 0.502. The molecule has 0 radical (unpaired) electrons. The summed E-state index contributed by atoms with van der Waals surface area (Å²) < 4.78 is 0. The summed E-state index contributed by atoms with van der Waals surface area (Å²) in [5.41, 5.74) is 3.61. The van der Waals surface area contributed by atoms with Crippen LogP contribution in [0.25, 0.3) is 21.5 Å². The molecule has 3 nitrogen and oxygen atoms in total. The molecule has 1 atom stereocenters. The quantitative estimate of drug-likeness (QED) is 0.730. The molecule has 1 unspecified atom stereocenters. The van der Waals surface area contributed by atoms with E-state index in [1.807, 2.05) is 17.5 Å². The van der Waals surface area contributed by atoms with Crippen LogP contribution in [0.4, 0.5) is 0 Å². The molecule has 0 fully saturated rings. The predicted octanol–water partition coefficient (Wildman–Crippen LogP) is 3.81. The van der Waals surface area contributed by atoms with Crippen molar-refractivity contribution < 1.29 is 0 Å². The Morgan fingerprint density at radius 3 is 3.26 bits per heavy atom. The first-order chi connectivity index (χ1) is 9.31. The number of aromatic nitrogens is 3. The van der Waals surface area contributed by atoms with Gasteiger partial charge >= 0.3 is 0 Å². The summed E-state index contributed by atoms with van der Waals surface area (Å²) in [7, 11) is 0. The van der Waals surface area contributed by atoms with Gasteiger partial charge in [0.2, 0.25) is 0 Å². The first-order valence-corrected chi connectivity index (χ1v) is 7.54. The summed E-state index contributed by atoms with van der Waals surface area (Å²) in [5, 5.41) is 9.47. The number of rotatable bonds is 1. The third-order valence-corrected chi connectivity index (χ3v) is 5.05. The van der Waals surface area contributed by atoms with E-state index in [2.05, 4.69) is 35.3 Å². The Balaban J connectivity index is 1.87. The second kappa shape index (κ2) is 4.17. The van der Waals surface area contributed by atoms with E-state index < -0.39 is 0 Å². The number of benzene rings is 1.